The molecule has 1 fully saturated rings. The number of aromatic nitrogens is 2. The van der Waals surface area contributed by atoms with E-state index in [-0.39, 0.29) is 23.4 Å². The first-order valence-electron chi connectivity index (χ1n) is 8.80. The van der Waals surface area contributed by atoms with Gasteiger partial charge in [0.1, 0.15) is 6.54 Å². The van der Waals surface area contributed by atoms with Crippen molar-refractivity contribution < 1.29 is 13.2 Å². The minimum absolute atomic E-state index is 0.00449. The fourth-order valence-electron chi connectivity index (χ4n) is 3.01. The summed E-state index contributed by atoms with van der Waals surface area (Å²) >= 11 is 0. The average molecular weight is 376 g/mol. The molecule has 1 saturated heterocycles. The maximum absolute atomic E-state index is 12.5. The lowest BCUT2D eigenvalue weighted by Gasteiger charge is -2.13. The largest absolute Gasteiger partial charge is 0.354 e. The molecule has 0 saturated carbocycles. The number of carbonyl (C=O) groups is 1. The quantitative estimate of drug-likeness (QED) is 0.795. The molecule has 0 bridgehead atoms. The summed E-state index contributed by atoms with van der Waals surface area (Å²) in [4.78, 5) is 16.1. The smallest absolute Gasteiger partial charge is 0.262 e. The van der Waals surface area contributed by atoms with Gasteiger partial charge in [-0.15, -0.1) is 0 Å². The molecular weight excluding hydrogens is 352 g/mol. The highest BCUT2D eigenvalue weighted by molar-refractivity contribution is 7.89. The van der Waals surface area contributed by atoms with E-state index in [0.717, 1.165) is 18.4 Å². The number of hydrogen-bond acceptors (Lipinski definition) is 4. The second-order valence-corrected chi connectivity index (χ2v) is 8.50. The van der Waals surface area contributed by atoms with Crippen LogP contribution in [-0.2, 0) is 21.4 Å². The van der Waals surface area contributed by atoms with E-state index in [4.69, 9.17) is 0 Å². The van der Waals surface area contributed by atoms with Crippen LogP contribution in [0, 0.1) is 0 Å². The lowest BCUT2D eigenvalue weighted by atomic mass is 10.0. The van der Waals surface area contributed by atoms with E-state index in [1.807, 2.05) is 37.3 Å². The summed E-state index contributed by atoms with van der Waals surface area (Å²) in [5.74, 6) is 0.0318. The van der Waals surface area contributed by atoms with Gasteiger partial charge in [-0.25, -0.2) is 13.4 Å². The van der Waals surface area contributed by atoms with Gasteiger partial charge in [0.25, 0.3) is 10.0 Å². The normalized spacial score (nSPS) is 16.5. The third kappa shape index (κ3) is 4.31. The minimum Gasteiger partial charge on any atom is -0.354 e. The maximum atomic E-state index is 12.5. The van der Waals surface area contributed by atoms with E-state index in [0.29, 0.717) is 19.6 Å². The molecule has 1 atom stereocenters. The highest BCUT2D eigenvalue weighted by Crippen LogP contribution is 2.19. The molecule has 1 aliphatic rings. The lowest BCUT2D eigenvalue weighted by molar-refractivity contribution is -0.121. The Morgan fingerprint density at radius 3 is 2.62 bits per heavy atom. The molecule has 1 amide bonds. The van der Waals surface area contributed by atoms with Crippen LogP contribution in [0.2, 0.25) is 0 Å². The molecule has 8 heteroatoms. The Morgan fingerprint density at radius 2 is 1.92 bits per heavy atom. The standard InChI is InChI=1S/C18H24N4O3S/c1-15(16-7-3-2-4-8-16)11-19-17(23)12-21-13-18(20-14-21)26(24,25)22-9-5-6-10-22/h2-4,7-8,13-15H,5-6,9-12H2,1H3,(H,19,23). The minimum atomic E-state index is -3.55. The van der Waals surface area contributed by atoms with E-state index in [1.165, 1.54) is 21.4 Å². The van der Waals surface area contributed by atoms with E-state index < -0.39 is 10.0 Å². The SMILES string of the molecule is CC(CNC(=O)Cn1cnc(S(=O)(=O)N2CCCC2)c1)c1ccccc1. The van der Waals surface area contributed by atoms with Crippen LogP contribution in [0.15, 0.2) is 47.9 Å². The van der Waals surface area contributed by atoms with E-state index in [9.17, 15) is 13.2 Å². The number of sulfonamides is 1. The molecule has 2 heterocycles. The van der Waals surface area contributed by atoms with Crippen LogP contribution in [-0.4, -0.2) is 47.8 Å². The molecule has 3 rings (SSSR count). The van der Waals surface area contributed by atoms with Crippen molar-refractivity contribution in [3.8, 4) is 0 Å². The van der Waals surface area contributed by atoms with Gasteiger partial charge in [-0.2, -0.15) is 4.31 Å². The Morgan fingerprint density at radius 1 is 1.23 bits per heavy atom. The summed E-state index contributed by atoms with van der Waals surface area (Å²) in [5.41, 5.74) is 1.16. The zero-order valence-electron chi connectivity index (χ0n) is 14.8. The van der Waals surface area contributed by atoms with Gasteiger partial charge in [-0.3, -0.25) is 4.79 Å². The Kier molecular flexibility index (Phi) is 5.73. The average Bonchev–Trinajstić information content (AvgIpc) is 3.33. The van der Waals surface area contributed by atoms with Crippen molar-refractivity contribution in [3.63, 3.8) is 0 Å². The number of hydrogen-bond donors (Lipinski definition) is 1. The van der Waals surface area contributed by atoms with Gasteiger partial charge in [0.05, 0.1) is 6.33 Å². The Hall–Kier alpha value is -2.19. The molecule has 0 spiro atoms. The number of carbonyl (C=O) groups excluding carboxylic acids is 1. The highest BCUT2D eigenvalue weighted by atomic mass is 32.2. The van der Waals surface area contributed by atoms with Crippen molar-refractivity contribution >= 4 is 15.9 Å². The number of benzene rings is 1. The van der Waals surface area contributed by atoms with E-state index in [1.54, 1.807) is 0 Å². The second kappa shape index (κ2) is 8.01. The monoisotopic (exact) mass is 376 g/mol. The Balaban J connectivity index is 1.54. The molecule has 26 heavy (non-hydrogen) atoms. The van der Waals surface area contributed by atoms with Gasteiger partial charge < -0.3 is 9.88 Å². The van der Waals surface area contributed by atoms with Crippen molar-refractivity contribution in [3.05, 3.63) is 48.4 Å². The number of rotatable bonds is 7. The van der Waals surface area contributed by atoms with Crippen molar-refractivity contribution in [1.29, 1.82) is 0 Å². The van der Waals surface area contributed by atoms with Crippen molar-refractivity contribution in [1.82, 2.24) is 19.2 Å². The third-order valence-electron chi connectivity index (χ3n) is 4.58. The first-order chi connectivity index (χ1) is 12.5. The molecule has 1 aromatic carbocycles. The lowest BCUT2D eigenvalue weighted by Crippen LogP contribution is -2.30. The van der Waals surface area contributed by atoms with Crippen LogP contribution in [0.25, 0.3) is 0 Å². The number of nitrogens with zero attached hydrogens (tertiary/aromatic N) is 3. The molecular formula is C18H24N4O3S. The third-order valence-corrected chi connectivity index (χ3v) is 6.36. The zero-order valence-corrected chi connectivity index (χ0v) is 15.7. The molecule has 0 radical (unpaired) electrons. The molecule has 1 unspecified atom stereocenters. The van der Waals surface area contributed by atoms with E-state index >= 15 is 0 Å². The fraction of sp³-hybridized carbons (Fsp3) is 0.444. The maximum Gasteiger partial charge on any atom is 0.262 e. The van der Waals surface area contributed by atoms with Gasteiger partial charge in [0.15, 0.2) is 5.03 Å². The predicted octanol–water partition coefficient (Wildman–Crippen LogP) is 1.59. The second-order valence-electron chi connectivity index (χ2n) is 6.61. The van der Waals surface area contributed by atoms with Crippen molar-refractivity contribution in [2.75, 3.05) is 19.6 Å². The molecule has 0 aliphatic carbocycles. The van der Waals surface area contributed by atoms with Gasteiger partial charge in [-0.1, -0.05) is 37.3 Å². The summed E-state index contributed by atoms with van der Waals surface area (Å²) in [6.45, 7) is 3.69. The Labute approximate surface area is 154 Å². The number of amides is 1. The first kappa shape index (κ1) is 18.6. The molecule has 7 nitrogen and oxygen atoms in total. The van der Waals surface area contributed by atoms with Crippen LogP contribution < -0.4 is 5.32 Å². The predicted molar refractivity (Wildman–Crippen MR) is 98.1 cm³/mol. The number of nitrogens with one attached hydrogen (secondary N) is 1. The summed E-state index contributed by atoms with van der Waals surface area (Å²) < 4.78 is 27.9. The summed E-state index contributed by atoms with van der Waals surface area (Å²) in [5, 5.41) is 2.89. The van der Waals surface area contributed by atoms with Gasteiger partial charge in [-0.05, 0) is 24.3 Å². The van der Waals surface area contributed by atoms with E-state index in [2.05, 4.69) is 10.3 Å². The van der Waals surface area contributed by atoms with Crippen LogP contribution in [0.4, 0.5) is 0 Å². The van der Waals surface area contributed by atoms with Crippen molar-refractivity contribution in [2.45, 2.75) is 37.3 Å². The summed E-state index contributed by atoms with van der Waals surface area (Å²) in [6.07, 6.45) is 4.57. The first-order valence-corrected chi connectivity index (χ1v) is 10.2. The summed E-state index contributed by atoms with van der Waals surface area (Å²) in [7, 11) is -3.55. The van der Waals surface area contributed by atoms with Gasteiger partial charge in [0, 0.05) is 25.8 Å². The van der Waals surface area contributed by atoms with Crippen LogP contribution in [0.1, 0.15) is 31.2 Å². The van der Waals surface area contributed by atoms with Crippen LogP contribution in [0.3, 0.4) is 0 Å². The fourth-order valence-corrected chi connectivity index (χ4v) is 4.46. The molecule has 1 N–H and O–H groups in total. The van der Waals surface area contributed by atoms with Gasteiger partial charge in [0.2, 0.25) is 5.91 Å². The van der Waals surface area contributed by atoms with Gasteiger partial charge >= 0.3 is 0 Å². The number of imidazole rings is 1. The van der Waals surface area contributed by atoms with Crippen molar-refractivity contribution in [2.24, 2.45) is 0 Å². The topological polar surface area (TPSA) is 84.3 Å². The summed E-state index contributed by atoms with van der Waals surface area (Å²) in [6, 6.07) is 9.97. The zero-order chi connectivity index (χ0) is 18.6. The molecule has 2 aromatic rings. The highest BCUT2D eigenvalue weighted by Gasteiger charge is 2.29. The van der Waals surface area contributed by atoms with Crippen LogP contribution in [0.5, 0.6) is 0 Å². The molecule has 1 aliphatic heterocycles. The van der Waals surface area contributed by atoms with Crippen LogP contribution >= 0.6 is 0 Å². The molecule has 1 aromatic heterocycles. The Bertz CT molecular complexity index is 842. The molecule has 140 valence electrons.